The third kappa shape index (κ3) is 4.47. The van der Waals surface area contributed by atoms with Crippen molar-refractivity contribution in [1.82, 2.24) is 15.8 Å². The molecule has 0 aliphatic carbocycles. The lowest BCUT2D eigenvalue weighted by atomic mass is 10.1. The highest BCUT2D eigenvalue weighted by Gasteiger charge is 2.19. The van der Waals surface area contributed by atoms with E-state index >= 15 is 0 Å². The summed E-state index contributed by atoms with van der Waals surface area (Å²) in [5.74, 6) is -0.901. The number of nitrogens with one attached hydrogen (secondary N) is 2. The fourth-order valence-corrected chi connectivity index (χ4v) is 4.30. The Balaban J connectivity index is 1.62. The standard InChI is InChI=1S/C19H18N4O2S2/c1-11-10-12(2)21-19-15(11)16(20)17(27-19)18(25)23-22-14(24)8-9-26-13-6-4-3-5-7-13/h3-10H,20H2,1-2H3,(H,22,24)(H,23,25)/b9-8+. The van der Waals surface area contributed by atoms with Gasteiger partial charge in [-0.05, 0) is 43.0 Å². The molecule has 2 amide bonds. The monoisotopic (exact) mass is 398 g/mol. The number of nitrogens with zero attached hydrogens (tertiary/aromatic N) is 1. The van der Waals surface area contributed by atoms with Gasteiger partial charge in [0.15, 0.2) is 0 Å². The summed E-state index contributed by atoms with van der Waals surface area (Å²) >= 11 is 2.61. The van der Waals surface area contributed by atoms with Gasteiger partial charge in [0.25, 0.3) is 11.8 Å². The lowest BCUT2D eigenvalue weighted by Gasteiger charge is -2.04. The lowest BCUT2D eigenvalue weighted by molar-refractivity contribution is -0.117. The topological polar surface area (TPSA) is 97.1 Å². The summed E-state index contributed by atoms with van der Waals surface area (Å²) in [5.41, 5.74) is 13.1. The first kappa shape index (κ1) is 18.9. The molecule has 0 spiro atoms. The van der Waals surface area contributed by atoms with Gasteiger partial charge in [-0.2, -0.15) is 0 Å². The number of thiophene rings is 1. The lowest BCUT2D eigenvalue weighted by Crippen LogP contribution is -2.40. The Labute approximate surface area is 164 Å². The zero-order chi connectivity index (χ0) is 19.4. The number of pyridine rings is 1. The Morgan fingerprint density at radius 2 is 1.93 bits per heavy atom. The molecule has 0 radical (unpaired) electrons. The van der Waals surface area contributed by atoms with E-state index in [4.69, 9.17) is 5.73 Å². The van der Waals surface area contributed by atoms with Gasteiger partial charge >= 0.3 is 0 Å². The van der Waals surface area contributed by atoms with Gasteiger partial charge in [0.1, 0.15) is 9.71 Å². The van der Waals surface area contributed by atoms with Crippen molar-refractivity contribution in [3.63, 3.8) is 0 Å². The maximum absolute atomic E-state index is 12.4. The van der Waals surface area contributed by atoms with Gasteiger partial charge in [-0.25, -0.2) is 4.98 Å². The minimum atomic E-state index is -0.468. The van der Waals surface area contributed by atoms with Crippen LogP contribution in [0.2, 0.25) is 0 Å². The summed E-state index contributed by atoms with van der Waals surface area (Å²) < 4.78 is 0. The third-order valence-corrected chi connectivity index (χ3v) is 5.61. The number of hydrogen-bond acceptors (Lipinski definition) is 6. The molecule has 0 aliphatic heterocycles. The molecule has 6 nitrogen and oxygen atoms in total. The molecule has 2 heterocycles. The smallest absolute Gasteiger partial charge is 0.281 e. The summed E-state index contributed by atoms with van der Waals surface area (Å²) in [6.45, 7) is 3.82. The molecule has 0 unspecified atom stereocenters. The first-order chi connectivity index (χ1) is 13.0. The number of fused-ring (bicyclic) bond motifs is 1. The Morgan fingerprint density at radius 1 is 1.19 bits per heavy atom. The van der Waals surface area contributed by atoms with Crippen LogP contribution in [-0.2, 0) is 4.79 Å². The van der Waals surface area contributed by atoms with Crippen LogP contribution in [0.1, 0.15) is 20.9 Å². The van der Waals surface area contributed by atoms with E-state index in [1.54, 1.807) is 5.41 Å². The molecule has 3 aromatic rings. The van der Waals surface area contributed by atoms with Crippen molar-refractivity contribution < 1.29 is 9.59 Å². The summed E-state index contributed by atoms with van der Waals surface area (Å²) in [4.78, 5) is 30.7. The number of rotatable bonds is 4. The number of aryl methyl sites for hydroxylation is 2. The highest BCUT2D eigenvalue weighted by Crippen LogP contribution is 2.34. The van der Waals surface area contributed by atoms with Gasteiger partial charge < -0.3 is 5.73 Å². The molecule has 4 N–H and O–H groups in total. The highest BCUT2D eigenvalue weighted by atomic mass is 32.2. The van der Waals surface area contributed by atoms with E-state index in [1.165, 1.54) is 29.2 Å². The van der Waals surface area contributed by atoms with Crippen LogP contribution in [-0.4, -0.2) is 16.8 Å². The van der Waals surface area contributed by atoms with Crippen molar-refractivity contribution in [1.29, 1.82) is 0 Å². The van der Waals surface area contributed by atoms with E-state index in [0.717, 1.165) is 21.5 Å². The van der Waals surface area contributed by atoms with Crippen LogP contribution >= 0.6 is 23.1 Å². The summed E-state index contributed by atoms with van der Waals surface area (Å²) in [7, 11) is 0. The molecule has 0 saturated heterocycles. The maximum atomic E-state index is 12.4. The maximum Gasteiger partial charge on any atom is 0.281 e. The highest BCUT2D eigenvalue weighted by molar-refractivity contribution is 8.02. The van der Waals surface area contributed by atoms with Gasteiger partial charge in [-0.3, -0.25) is 20.4 Å². The molecule has 3 rings (SSSR count). The van der Waals surface area contributed by atoms with E-state index in [2.05, 4.69) is 15.8 Å². The Hall–Kier alpha value is -2.84. The van der Waals surface area contributed by atoms with Gasteiger partial charge in [-0.15, -0.1) is 11.3 Å². The number of nitrogens with two attached hydrogens (primary N) is 1. The van der Waals surface area contributed by atoms with E-state index in [9.17, 15) is 9.59 Å². The molecule has 1 aromatic carbocycles. The molecule has 0 aliphatic rings. The van der Waals surface area contributed by atoms with Crippen LogP contribution in [0.4, 0.5) is 5.69 Å². The van der Waals surface area contributed by atoms with Crippen LogP contribution in [0.15, 0.2) is 52.8 Å². The van der Waals surface area contributed by atoms with Gasteiger partial charge in [-0.1, -0.05) is 30.0 Å². The fraction of sp³-hybridized carbons (Fsp3) is 0.105. The minimum Gasteiger partial charge on any atom is -0.397 e. The largest absolute Gasteiger partial charge is 0.397 e. The zero-order valence-corrected chi connectivity index (χ0v) is 16.4. The summed E-state index contributed by atoms with van der Waals surface area (Å²) in [6.07, 6.45) is 1.35. The molecular weight excluding hydrogens is 380 g/mol. The van der Waals surface area contributed by atoms with E-state index in [1.807, 2.05) is 50.2 Å². The van der Waals surface area contributed by atoms with Crippen molar-refractivity contribution in [2.24, 2.45) is 0 Å². The van der Waals surface area contributed by atoms with Crippen molar-refractivity contribution in [3.8, 4) is 0 Å². The van der Waals surface area contributed by atoms with E-state index in [0.29, 0.717) is 15.4 Å². The molecule has 27 heavy (non-hydrogen) atoms. The SMILES string of the molecule is Cc1cc(C)c2c(N)c(C(=O)NNC(=O)/C=C/Sc3ccccc3)sc2n1. The molecular formula is C19H18N4O2S2. The minimum absolute atomic E-state index is 0.328. The number of aromatic nitrogens is 1. The molecule has 0 fully saturated rings. The normalized spacial score (nSPS) is 11.0. The first-order valence-corrected chi connectivity index (χ1v) is 9.80. The molecule has 0 atom stereocenters. The Bertz CT molecular complexity index is 1030. The average Bonchev–Trinajstić information content (AvgIpc) is 2.97. The molecule has 2 aromatic heterocycles. The predicted octanol–water partition coefficient (Wildman–Crippen LogP) is 3.56. The number of hydrogen-bond donors (Lipinski definition) is 3. The second-order valence-corrected chi connectivity index (χ2v) is 7.76. The number of anilines is 1. The number of amides is 2. The van der Waals surface area contributed by atoms with Crippen molar-refractivity contribution in [3.05, 3.63) is 64.0 Å². The van der Waals surface area contributed by atoms with Crippen LogP contribution in [0, 0.1) is 13.8 Å². The van der Waals surface area contributed by atoms with Crippen LogP contribution < -0.4 is 16.6 Å². The fourth-order valence-electron chi connectivity index (χ4n) is 2.53. The van der Waals surface area contributed by atoms with Crippen LogP contribution in [0.3, 0.4) is 0 Å². The molecule has 138 valence electrons. The van der Waals surface area contributed by atoms with Gasteiger partial charge in [0.05, 0.1) is 5.69 Å². The van der Waals surface area contributed by atoms with Crippen molar-refractivity contribution >= 4 is 50.8 Å². The number of carbonyl (C=O) groups excluding carboxylic acids is 2. The number of hydrazine groups is 1. The van der Waals surface area contributed by atoms with Crippen LogP contribution in [0.5, 0.6) is 0 Å². The molecule has 0 saturated carbocycles. The van der Waals surface area contributed by atoms with E-state index < -0.39 is 11.8 Å². The van der Waals surface area contributed by atoms with Crippen molar-refractivity contribution in [2.75, 3.05) is 5.73 Å². The molecule has 8 heteroatoms. The Kier molecular flexibility index (Phi) is 5.78. The predicted molar refractivity (Wildman–Crippen MR) is 111 cm³/mol. The quantitative estimate of drug-likeness (QED) is 0.355. The number of carbonyl (C=O) groups is 2. The van der Waals surface area contributed by atoms with Crippen molar-refractivity contribution in [2.45, 2.75) is 18.7 Å². The van der Waals surface area contributed by atoms with Crippen LogP contribution in [0.25, 0.3) is 10.2 Å². The molecule has 0 bridgehead atoms. The summed E-state index contributed by atoms with van der Waals surface area (Å²) in [5, 5.41) is 2.43. The zero-order valence-electron chi connectivity index (χ0n) is 14.8. The van der Waals surface area contributed by atoms with Gasteiger partial charge in [0, 0.05) is 22.1 Å². The number of nitrogen functional groups attached to an aromatic ring is 1. The second kappa shape index (κ2) is 8.24. The van der Waals surface area contributed by atoms with Gasteiger partial charge in [0.2, 0.25) is 0 Å². The number of thioether (sulfide) groups is 1. The Morgan fingerprint density at radius 3 is 2.67 bits per heavy atom. The number of benzene rings is 1. The first-order valence-electron chi connectivity index (χ1n) is 8.10. The second-order valence-electron chi connectivity index (χ2n) is 5.78. The average molecular weight is 399 g/mol. The summed E-state index contributed by atoms with van der Waals surface area (Å²) in [6, 6.07) is 11.6. The third-order valence-electron chi connectivity index (χ3n) is 3.70. The van der Waals surface area contributed by atoms with E-state index in [-0.39, 0.29) is 0 Å².